The van der Waals surface area contributed by atoms with Crippen molar-refractivity contribution in [2.75, 3.05) is 13.1 Å². The summed E-state index contributed by atoms with van der Waals surface area (Å²) in [5, 5.41) is 0. The van der Waals surface area contributed by atoms with Crippen LogP contribution in [0.4, 0.5) is 0 Å². The van der Waals surface area contributed by atoms with Gasteiger partial charge in [0.25, 0.3) is 0 Å². The number of nitrogens with zero attached hydrogens (tertiary/aromatic N) is 1. The Morgan fingerprint density at radius 3 is 1.96 bits per heavy atom. The molecule has 27 heavy (non-hydrogen) atoms. The zero-order chi connectivity index (χ0) is 18.7. The number of amides is 1. The monoisotopic (exact) mass is 363 g/mol. The Morgan fingerprint density at radius 2 is 1.52 bits per heavy atom. The standard InChI is InChI=1S/C23H29N3O/c24-25-22(27)23(19-7-3-1-4-8-19,20-9-5-2-6-10-20)15-16-26-17-18-11-13-21(26)14-12-18/h1-10,18,21H,11-17,24H2,(H,25,27). The number of carbonyl (C=O) groups is 1. The van der Waals surface area contributed by atoms with Crippen LogP contribution in [0.25, 0.3) is 0 Å². The van der Waals surface area contributed by atoms with E-state index in [0.717, 1.165) is 30.0 Å². The highest BCUT2D eigenvalue weighted by molar-refractivity contribution is 5.91. The van der Waals surface area contributed by atoms with Gasteiger partial charge in [0.05, 0.1) is 0 Å². The molecule has 2 bridgehead atoms. The van der Waals surface area contributed by atoms with Crippen LogP contribution in [0.1, 0.15) is 43.2 Å². The van der Waals surface area contributed by atoms with Gasteiger partial charge in [-0.1, -0.05) is 60.7 Å². The smallest absolute Gasteiger partial charge is 0.249 e. The Kier molecular flexibility index (Phi) is 5.28. The van der Waals surface area contributed by atoms with Crippen molar-refractivity contribution < 1.29 is 4.79 Å². The number of rotatable bonds is 6. The molecule has 3 aliphatic rings. The van der Waals surface area contributed by atoms with Gasteiger partial charge in [-0.3, -0.25) is 10.2 Å². The van der Waals surface area contributed by atoms with Crippen molar-refractivity contribution in [3.05, 3.63) is 71.8 Å². The van der Waals surface area contributed by atoms with Crippen LogP contribution < -0.4 is 11.3 Å². The molecular formula is C23H29N3O. The molecule has 2 aromatic rings. The molecule has 4 heteroatoms. The van der Waals surface area contributed by atoms with Gasteiger partial charge in [0.2, 0.25) is 5.91 Å². The van der Waals surface area contributed by atoms with E-state index in [1.54, 1.807) is 0 Å². The molecule has 3 fully saturated rings. The van der Waals surface area contributed by atoms with E-state index in [1.807, 2.05) is 60.7 Å². The van der Waals surface area contributed by atoms with E-state index in [9.17, 15) is 4.79 Å². The summed E-state index contributed by atoms with van der Waals surface area (Å²) in [6, 6.07) is 20.8. The highest BCUT2D eigenvalue weighted by Crippen LogP contribution is 2.39. The molecule has 2 heterocycles. The first-order valence-corrected chi connectivity index (χ1v) is 10.1. The van der Waals surface area contributed by atoms with Crippen molar-refractivity contribution in [1.82, 2.24) is 10.3 Å². The second kappa shape index (κ2) is 7.83. The van der Waals surface area contributed by atoms with Gasteiger partial charge in [-0.25, -0.2) is 5.84 Å². The Hall–Kier alpha value is -2.17. The summed E-state index contributed by atoms with van der Waals surface area (Å²) in [7, 11) is 0. The predicted octanol–water partition coefficient (Wildman–Crippen LogP) is 3.23. The van der Waals surface area contributed by atoms with Gasteiger partial charge in [0.15, 0.2) is 0 Å². The molecule has 0 atom stereocenters. The van der Waals surface area contributed by atoms with Crippen molar-refractivity contribution in [3.63, 3.8) is 0 Å². The quantitative estimate of drug-likeness (QED) is 0.471. The fourth-order valence-corrected chi connectivity index (χ4v) is 5.16. The topological polar surface area (TPSA) is 58.4 Å². The lowest BCUT2D eigenvalue weighted by molar-refractivity contribution is -0.126. The Bertz CT molecular complexity index is 714. The van der Waals surface area contributed by atoms with E-state index in [2.05, 4.69) is 10.3 Å². The number of nitrogens with one attached hydrogen (secondary N) is 1. The molecule has 0 unspecified atom stereocenters. The third kappa shape index (κ3) is 3.40. The van der Waals surface area contributed by atoms with Crippen LogP contribution in [0.2, 0.25) is 0 Å². The molecule has 0 radical (unpaired) electrons. The van der Waals surface area contributed by atoms with Crippen LogP contribution in [-0.2, 0) is 10.2 Å². The molecule has 5 rings (SSSR count). The Labute approximate surface area is 161 Å². The Balaban J connectivity index is 1.70. The fourth-order valence-electron chi connectivity index (χ4n) is 5.16. The molecule has 2 aliphatic heterocycles. The number of hydrazine groups is 1. The predicted molar refractivity (Wildman–Crippen MR) is 108 cm³/mol. The SMILES string of the molecule is NNC(=O)C(CCN1CC2CCC1CC2)(c1ccccc1)c1ccccc1. The van der Waals surface area contributed by atoms with Gasteiger partial charge in [-0.15, -0.1) is 0 Å². The van der Waals surface area contributed by atoms with Crippen molar-refractivity contribution in [3.8, 4) is 0 Å². The maximum atomic E-state index is 13.2. The van der Waals surface area contributed by atoms with E-state index in [-0.39, 0.29) is 5.91 Å². The number of hydrogen-bond acceptors (Lipinski definition) is 3. The van der Waals surface area contributed by atoms with Crippen molar-refractivity contribution >= 4 is 5.91 Å². The van der Waals surface area contributed by atoms with Gasteiger partial charge in [-0.05, 0) is 49.1 Å². The van der Waals surface area contributed by atoms with Crippen molar-refractivity contribution in [1.29, 1.82) is 0 Å². The van der Waals surface area contributed by atoms with Crippen molar-refractivity contribution in [2.45, 2.75) is 43.6 Å². The van der Waals surface area contributed by atoms with Crippen LogP contribution >= 0.6 is 0 Å². The maximum absolute atomic E-state index is 13.2. The van der Waals surface area contributed by atoms with Crippen LogP contribution in [0.3, 0.4) is 0 Å². The first-order chi connectivity index (χ1) is 13.2. The second-order valence-corrected chi connectivity index (χ2v) is 8.03. The molecule has 0 aromatic heterocycles. The minimum Gasteiger partial charge on any atom is -0.300 e. The number of hydrogen-bond donors (Lipinski definition) is 2. The first kappa shape index (κ1) is 18.2. The summed E-state index contributed by atoms with van der Waals surface area (Å²) in [4.78, 5) is 15.8. The van der Waals surface area contributed by atoms with Crippen LogP contribution in [0, 0.1) is 5.92 Å². The summed E-state index contributed by atoms with van der Waals surface area (Å²) in [6.45, 7) is 2.09. The molecule has 1 aliphatic carbocycles. The first-order valence-electron chi connectivity index (χ1n) is 10.1. The summed E-state index contributed by atoms with van der Waals surface area (Å²) < 4.78 is 0. The normalized spacial score (nSPS) is 22.6. The number of nitrogens with two attached hydrogens (primary N) is 1. The van der Waals surface area contributed by atoms with E-state index in [4.69, 9.17) is 5.84 Å². The third-order valence-corrected chi connectivity index (χ3v) is 6.65. The van der Waals surface area contributed by atoms with Gasteiger partial charge < -0.3 is 4.90 Å². The fraction of sp³-hybridized carbons (Fsp3) is 0.435. The second-order valence-electron chi connectivity index (χ2n) is 8.03. The summed E-state index contributed by atoms with van der Waals surface area (Å²) in [5.74, 6) is 6.39. The van der Waals surface area contributed by atoms with Crippen LogP contribution in [0.15, 0.2) is 60.7 Å². The highest BCUT2D eigenvalue weighted by Gasteiger charge is 2.43. The number of carbonyl (C=O) groups excluding carboxylic acids is 1. The summed E-state index contributed by atoms with van der Waals surface area (Å²) in [5.41, 5.74) is 3.70. The molecule has 2 aromatic carbocycles. The van der Waals surface area contributed by atoms with E-state index in [0.29, 0.717) is 6.04 Å². The van der Waals surface area contributed by atoms with Crippen LogP contribution in [-0.4, -0.2) is 29.9 Å². The molecular weight excluding hydrogens is 334 g/mol. The molecule has 1 amide bonds. The average Bonchev–Trinajstić information content (AvgIpc) is 2.76. The van der Waals surface area contributed by atoms with E-state index < -0.39 is 5.41 Å². The largest absolute Gasteiger partial charge is 0.300 e. The highest BCUT2D eigenvalue weighted by atomic mass is 16.2. The summed E-state index contributed by atoms with van der Waals surface area (Å²) in [6.07, 6.45) is 6.07. The number of fused-ring (bicyclic) bond motifs is 3. The molecule has 142 valence electrons. The lowest BCUT2D eigenvalue weighted by atomic mass is 9.70. The molecule has 1 saturated carbocycles. The van der Waals surface area contributed by atoms with E-state index >= 15 is 0 Å². The molecule has 2 saturated heterocycles. The lowest BCUT2D eigenvalue weighted by Gasteiger charge is -2.46. The average molecular weight is 364 g/mol. The third-order valence-electron chi connectivity index (χ3n) is 6.65. The van der Waals surface area contributed by atoms with Crippen LogP contribution in [0.5, 0.6) is 0 Å². The minimum absolute atomic E-state index is 0.137. The molecule has 4 nitrogen and oxygen atoms in total. The maximum Gasteiger partial charge on any atom is 0.249 e. The van der Waals surface area contributed by atoms with E-state index in [1.165, 1.54) is 32.2 Å². The van der Waals surface area contributed by atoms with Gasteiger partial charge >= 0.3 is 0 Å². The number of benzene rings is 2. The Morgan fingerprint density at radius 1 is 0.963 bits per heavy atom. The van der Waals surface area contributed by atoms with Gasteiger partial charge in [0.1, 0.15) is 5.41 Å². The zero-order valence-electron chi connectivity index (χ0n) is 15.8. The molecule has 0 spiro atoms. The van der Waals surface area contributed by atoms with Crippen molar-refractivity contribution in [2.24, 2.45) is 11.8 Å². The lowest BCUT2D eigenvalue weighted by Crippen LogP contribution is -2.53. The summed E-state index contributed by atoms with van der Waals surface area (Å²) >= 11 is 0. The van der Waals surface area contributed by atoms with Gasteiger partial charge in [-0.2, -0.15) is 0 Å². The minimum atomic E-state index is -0.770. The number of piperidine rings is 2. The molecule has 3 N–H and O–H groups in total. The zero-order valence-corrected chi connectivity index (χ0v) is 15.8. The van der Waals surface area contributed by atoms with Gasteiger partial charge in [0, 0.05) is 19.1 Å².